The molecule has 2 aliphatic carbocycles. The van der Waals surface area contributed by atoms with Gasteiger partial charge in [-0.15, -0.1) is 0 Å². The van der Waals surface area contributed by atoms with Crippen LogP contribution in [0.5, 0.6) is 0 Å². The summed E-state index contributed by atoms with van der Waals surface area (Å²) in [6.07, 6.45) is 6.14. The van der Waals surface area contributed by atoms with Gasteiger partial charge in [0.15, 0.2) is 0 Å². The van der Waals surface area contributed by atoms with Crippen LogP contribution in [0.2, 0.25) is 0 Å². The summed E-state index contributed by atoms with van der Waals surface area (Å²) in [5, 5.41) is 10.7. The number of ether oxygens (including phenoxy) is 2. The Balaban J connectivity index is 2.10. The van der Waals surface area contributed by atoms with Gasteiger partial charge in [0.1, 0.15) is 12.7 Å². The van der Waals surface area contributed by atoms with E-state index in [4.69, 9.17) is 13.9 Å². The van der Waals surface area contributed by atoms with Crippen LogP contribution >= 0.6 is 0 Å². The maximum atomic E-state index is 11.9. The highest BCUT2D eigenvalue weighted by Crippen LogP contribution is 2.57. The van der Waals surface area contributed by atoms with Crippen molar-refractivity contribution in [2.75, 3.05) is 6.61 Å². The van der Waals surface area contributed by atoms with E-state index in [1.807, 2.05) is 6.07 Å². The Morgan fingerprint density at radius 2 is 1.97 bits per heavy atom. The molecule has 3 rings (SSSR count). The van der Waals surface area contributed by atoms with Gasteiger partial charge >= 0.3 is 11.9 Å². The van der Waals surface area contributed by atoms with Gasteiger partial charge in [0.25, 0.3) is 0 Å². The van der Waals surface area contributed by atoms with E-state index in [-0.39, 0.29) is 30.6 Å². The maximum absolute atomic E-state index is 11.9. The summed E-state index contributed by atoms with van der Waals surface area (Å²) in [5.41, 5.74) is 2.59. The molecule has 2 aliphatic rings. The highest BCUT2D eigenvalue weighted by Gasteiger charge is 2.54. The Morgan fingerprint density at radius 3 is 2.57 bits per heavy atom. The van der Waals surface area contributed by atoms with Crippen molar-refractivity contribution in [1.82, 2.24) is 0 Å². The van der Waals surface area contributed by atoms with Crippen LogP contribution in [-0.4, -0.2) is 35.9 Å². The smallest absolute Gasteiger partial charge is 0.302 e. The molecule has 6 heteroatoms. The van der Waals surface area contributed by atoms with Gasteiger partial charge in [-0.3, -0.25) is 9.59 Å². The van der Waals surface area contributed by atoms with Crippen molar-refractivity contribution in [2.45, 2.75) is 78.9 Å². The second kappa shape index (κ2) is 8.58. The fourth-order valence-electron chi connectivity index (χ4n) is 5.39. The Morgan fingerprint density at radius 1 is 1.23 bits per heavy atom. The molecule has 1 aromatic heterocycles. The lowest BCUT2D eigenvalue weighted by atomic mass is 9.53. The second-order valence-corrected chi connectivity index (χ2v) is 9.44. The number of hydrogen-bond acceptors (Lipinski definition) is 6. The largest absolute Gasteiger partial charge is 0.472 e. The third-order valence-corrected chi connectivity index (χ3v) is 7.37. The Kier molecular flexibility index (Phi) is 6.46. The number of rotatable bonds is 6. The van der Waals surface area contributed by atoms with Crippen molar-refractivity contribution in [3.05, 3.63) is 35.3 Å². The van der Waals surface area contributed by atoms with Crippen LogP contribution < -0.4 is 0 Å². The van der Waals surface area contributed by atoms with Gasteiger partial charge in [-0.2, -0.15) is 0 Å². The average molecular weight is 419 g/mol. The molecule has 0 aromatic carbocycles. The van der Waals surface area contributed by atoms with Crippen LogP contribution in [0.3, 0.4) is 0 Å². The highest BCUT2D eigenvalue weighted by atomic mass is 16.5. The summed E-state index contributed by atoms with van der Waals surface area (Å²) in [4.78, 5) is 23.7. The van der Waals surface area contributed by atoms with E-state index < -0.39 is 16.9 Å². The lowest BCUT2D eigenvalue weighted by Gasteiger charge is -2.54. The SMILES string of the molecule is CC(=O)OC[C@@]1(CCc2ccoc2)C2=C(C[C@@H](OC(C)=O)[C@H]1C)C(C)(C)[C@H](O)CC2. The van der Waals surface area contributed by atoms with Gasteiger partial charge in [-0.1, -0.05) is 31.9 Å². The number of carbonyl (C=O) groups excluding carboxylic acids is 2. The van der Waals surface area contributed by atoms with Crippen LogP contribution in [0.25, 0.3) is 0 Å². The van der Waals surface area contributed by atoms with Gasteiger partial charge < -0.3 is 19.0 Å². The monoisotopic (exact) mass is 418 g/mol. The zero-order valence-electron chi connectivity index (χ0n) is 18.7. The first-order valence-corrected chi connectivity index (χ1v) is 10.8. The van der Waals surface area contributed by atoms with E-state index in [2.05, 4.69) is 20.8 Å². The van der Waals surface area contributed by atoms with Gasteiger partial charge in [-0.05, 0) is 37.3 Å². The minimum absolute atomic E-state index is 0.0301. The van der Waals surface area contributed by atoms with E-state index >= 15 is 0 Å². The second-order valence-electron chi connectivity index (χ2n) is 9.44. The first-order valence-electron chi connectivity index (χ1n) is 10.8. The molecule has 166 valence electrons. The Hall–Kier alpha value is -2.08. The fourth-order valence-corrected chi connectivity index (χ4v) is 5.39. The number of furan rings is 1. The first-order chi connectivity index (χ1) is 14.1. The van der Waals surface area contributed by atoms with Gasteiger partial charge in [0, 0.05) is 37.0 Å². The molecule has 0 radical (unpaired) electrons. The average Bonchev–Trinajstić information content (AvgIpc) is 3.18. The van der Waals surface area contributed by atoms with Gasteiger partial charge in [0.2, 0.25) is 0 Å². The summed E-state index contributed by atoms with van der Waals surface area (Å²) < 4.78 is 16.6. The predicted molar refractivity (Wildman–Crippen MR) is 111 cm³/mol. The molecule has 1 heterocycles. The lowest BCUT2D eigenvalue weighted by Crippen LogP contribution is -2.52. The van der Waals surface area contributed by atoms with E-state index in [0.29, 0.717) is 12.8 Å². The van der Waals surface area contributed by atoms with Crippen molar-refractivity contribution < 1.29 is 28.6 Å². The standard InChI is InChI=1S/C24H34O6/c1-15-21(30-17(3)26)12-20-19(6-7-22(27)23(20,4)5)24(15,14-29-16(2)25)10-8-18-9-11-28-13-18/h9,11,13,15,21-22,27H,6-8,10,12,14H2,1-5H3/t15-,21-,22-,24-/m1/s1. The van der Waals surface area contributed by atoms with Crippen LogP contribution in [-0.2, 0) is 25.5 Å². The molecule has 0 saturated heterocycles. The first kappa shape index (κ1) is 22.6. The van der Waals surface area contributed by atoms with Crippen LogP contribution in [0.15, 0.2) is 34.2 Å². The molecule has 0 unspecified atom stereocenters. The normalized spacial score (nSPS) is 30.5. The molecule has 0 aliphatic heterocycles. The molecule has 0 amide bonds. The van der Waals surface area contributed by atoms with Gasteiger partial charge in [0.05, 0.1) is 18.6 Å². The number of hydrogen-bond donors (Lipinski definition) is 1. The summed E-state index contributed by atoms with van der Waals surface area (Å²) in [5.74, 6) is -0.671. The van der Waals surface area contributed by atoms with Gasteiger partial charge in [-0.25, -0.2) is 0 Å². The Bertz CT molecular complexity index is 806. The number of esters is 2. The molecular formula is C24H34O6. The number of aliphatic hydroxyl groups is 1. The fraction of sp³-hybridized carbons (Fsp3) is 0.667. The minimum atomic E-state index is -0.464. The Labute approximate surface area is 178 Å². The van der Waals surface area contributed by atoms with Crippen molar-refractivity contribution in [1.29, 1.82) is 0 Å². The molecule has 0 bridgehead atoms. The van der Waals surface area contributed by atoms with Crippen LogP contribution in [0.4, 0.5) is 0 Å². The predicted octanol–water partition coefficient (Wildman–Crippen LogP) is 4.21. The molecule has 4 atom stereocenters. The molecule has 1 aromatic rings. The summed E-state index contributed by atoms with van der Waals surface area (Å²) in [7, 11) is 0. The number of carbonyl (C=O) groups is 2. The lowest BCUT2D eigenvalue weighted by molar-refractivity contribution is -0.158. The highest BCUT2D eigenvalue weighted by molar-refractivity contribution is 5.66. The molecule has 30 heavy (non-hydrogen) atoms. The molecule has 1 N–H and O–H groups in total. The van der Waals surface area contributed by atoms with Crippen molar-refractivity contribution >= 4 is 11.9 Å². The van der Waals surface area contributed by atoms with Crippen molar-refractivity contribution in [2.24, 2.45) is 16.7 Å². The van der Waals surface area contributed by atoms with E-state index in [9.17, 15) is 14.7 Å². The molecular weight excluding hydrogens is 384 g/mol. The van der Waals surface area contributed by atoms with Crippen molar-refractivity contribution in [3.8, 4) is 0 Å². The quantitative estimate of drug-likeness (QED) is 0.550. The van der Waals surface area contributed by atoms with Crippen LogP contribution in [0.1, 0.15) is 65.9 Å². The van der Waals surface area contributed by atoms with Crippen LogP contribution in [0, 0.1) is 16.7 Å². The molecule has 6 nitrogen and oxygen atoms in total. The summed E-state index contributed by atoms with van der Waals surface area (Å²) in [6, 6.07) is 1.94. The molecule has 0 saturated carbocycles. The zero-order chi connectivity index (χ0) is 22.1. The number of aliphatic hydroxyl groups excluding tert-OH is 1. The summed E-state index contributed by atoms with van der Waals surface area (Å²) >= 11 is 0. The number of aryl methyl sites for hydroxylation is 1. The summed E-state index contributed by atoms with van der Waals surface area (Å²) in [6.45, 7) is 9.29. The van der Waals surface area contributed by atoms with E-state index in [1.165, 1.54) is 19.4 Å². The van der Waals surface area contributed by atoms with E-state index in [1.54, 1.807) is 12.5 Å². The van der Waals surface area contributed by atoms with E-state index in [0.717, 1.165) is 30.4 Å². The third-order valence-electron chi connectivity index (χ3n) is 7.37. The minimum Gasteiger partial charge on any atom is -0.472 e. The maximum Gasteiger partial charge on any atom is 0.302 e. The van der Waals surface area contributed by atoms with Crippen molar-refractivity contribution in [3.63, 3.8) is 0 Å². The topological polar surface area (TPSA) is 86.0 Å². The molecule has 0 fully saturated rings. The molecule has 0 spiro atoms. The zero-order valence-corrected chi connectivity index (χ0v) is 18.7. The third kappa shape index (κ3) is 4.20.